The number of benzene rings is 2. The highest BCUT2D eigenvalue weighted by Gasteiger charge is 2.25. The van der Waals surface area contributed by atoms with Crippen LogP contribution in [0.15, 0.2) is 36.5 Å². The van der Waals surface area contributed by atoms with Crippen LogP contribution < -0.4 is 30.3 Å². The van der Waals surface area contributed by atoms with E-state index in [0.717, 1.165) is 17.7 Å². The van der Waals surface area contributed by atoms with E-state index in [9.17, 15) is 9.59 Å². The first kappa shape index (κ1) is 26.0. The fourth-order valence-corrected chi connectivity index (χ4v) is 4.46. The van der Waals surface area contributed by atoms with Crippen LogP contribution in [0.25, 0.3) is 0 Å². The Bertz CT molecular complexity index is 1330. The van der Waals surface area contributed by atoms with E-state index in [1.54, 1.807) is 37.3 Å². The first-order valence-corrected chi connectivity index (χ1v) is 12.2. The van der Waals surface area contributed by atoms with Crippen LogP contribution in [0.5, 0.6) is 11.5 Å². The van der Waals surface area contributed by atoms with Gasteiger partial charge in [-0.15, -0.1) is 0 Å². The molecule has 1 aliphatic heterocycles. The summed E-state index contributed by atoms with van der Waals surface area (Å²) < 4.78 is 11.0. The predicted molar refractivity (Wildman–Crippen MR) is 144 cm³/mol. The summed E-state index contributed by atoms with van der Waals surface area (Å²) in [6, 6.07) is 8.82. The number of nitrogens with one attached hydrogen (secondary N) is 3. The summed E-state index contributed by atoms with van der Waals surface area (Å²) in [5.74, 6) is 1.58. The molecule has 0 unspecified atom stereocenters. The van der Waals surface area contributed by atoms with Gasteiger partial charge in [-0.2, -0.15) is 4.98 Å². The van der Waals surface area contributed by atoms with Crippen LogP contribution in [0.1, 0.15) is 35.7 Å². The second-order valence-electron chi connectivity index (χ2n) is 8.27. The van der Waals surface area contributed by atoms with Crippen molar-refractivity contribution in [1.82, 2.24) is 15.3 Å². The number of hydrogen-bond donors (Lipinski definition) is 3. The molecule has 0 saturated heterocycles. The van der Waals surface area contributed by atoms with Crippen molar-refractivity contribution in [3.63, 3.8) is 0 Å². The van der Waals surface area contributed by atoms with Gasteiger partial charge in [-0.3, -0.25) is 9.59 Å². The molecule has 0 radical (unpaired) electrons. The van der Waals surface area contributed by atoms with Crippen LogP contribution >= 0.6 is 11.6 Å². The second kappa shape index (κ2) is 11.3. The Balaban J connectivity index is 1.67. The van der Waals surface area contributed by atoms with Gasteiger partial charge in [0, 0.05) is 25.6 Å². The predicted octanol–water partition coefficient (Wildman–Crippen LogP) is 4.68. The number of amides is 2. The molecule has 2 amide bonds. The number of fused-ring (bicyclic) bond motifs is 1. The first-order chi connectivity index (χ1) is 17.9. The molecule has 11 heteroatoms. The number of aromatic nitrogens is 2. The Morgan fingerprint density at radius 3 is 2.59 bits per heavy atom. The SMILES string of the molecule is CCN1C(=O)CCCc2c1ccc(Nc1ncc(Cl)c(Nc3ccc(OC)cc3C(=O)NC)n1)c2OC. The number of methoxy groups -OCH3 is 2. The molecular weight excluding hydrogens is 496 g/mol. The molecule has 2 aromatic carbocycles. The average Bonchev–Trinajstić information content (AvgIpc) is 3.07. The van der Waals surface area contributed by atoms with Crippen LogP contribution in [0.2, 0.25) is 5.02 Å². The zero-order valence-electron chi connectivity index (χ0n) is 21.1. The fraction of sp³-hybridized carbons (Fsp3) is 0.308. The second-order valence-corrected chi connectivity index (χ2v) is 8.67. The van der Waals surface area contributed by atoms with E-state index in [4.69, 9.17) is 21.1 Å². The van der Waals surface area contributed by atoms with Gasteiger partial charge in [0.15, 0.2) is 5.82 Å². The van der Waals surface area contributed by atoms with Crippen molar-refractivity contribution >= 4 is 52.2 Å². The largest absolute Gasteiger partial charge is 0.497 e. The van der Waals surface area contributed by atoms with E-state index in [1.165, 1.54) is 13.3 Å². The summed E-state index contributed by atoms with van der Waals surface area (Å²) in [6.45, 7) is 2.54. The van der Waals surface area contributed by atoms with E-state index in [1.807, 2.05) is 19.1 Å². The molecule has 0 bridgehead atoms. The van der Waals surface area contributed by atoms with Crippen LogP contribution in [0.3, 0.4) is 0 Å². The molecular formula is C26H29ClN6O4. The number of ether oxygens (including phenoxy) is 2. The summed E-state index contributed by atoms with van der Waals surface area (Å²) in [5, 5.41) is 9.23. The molecule has 0 fully saturated rings. The Kier molecular flexibility index (Phi) is 7.98. The zero-order chi connectivity index (χ0) is 26.5. The van der Waals surface area contributed by atoms with E-state index in [0.29, 0.717) is 53.6 Å². The van der Waals surface area contributed by atoms with Gasteiger partial charge in [0.1, 0.15) is 16.5 Å². The lowest BCUT2D eigenvalue weighted by Crippen LogP contribution is -2.29. The molecule has 2 heterocycles. The van der Waals surface area contributed by atoms with Crippen LogP contribution in [0, 0.1) is 0 Å². The molecule has 3 aromatic rings. The lowest BCUT2D eigenvalue weighted by molar-refractivity contribution is -0.118. The third-order valence-electron chi connectivity index (χ3n) is 6.11. The van der Waals surface area contributed by atoms with Crippen molar-refractivity contribution in [2.24, 2.45) is 0 Å². The van der Waals surface area contributed by atoms with E-state index in [2.05, 4.69) is 25.9 Å². The maximum Gasteiger partial charge on any atom is 0.253 e. The highest BCUT2D eigenvalue weighted by atomic mass is 35.5. The van der Waals surface area contributed by atoms with Gasteiger partial charge in [0.05, 0.1) is 43.0 Å². The molecule has 0 atom stereocenters. The minimum Gasteiger partial charge on any atom is -0.497 e. The molecule has 0 aliphatic carbocycles. The summed E-state index contributed by atoms with van der Waals surface area (Å²) >= 11 is 6.39. The van der Waals surface area contributed by atoms with Gasteiger partial charge >= 0.3 is 0 Å². The van der Waals surface area contributed by atoms with E-state index >= 15 is 0 Å². The van der Waals surface area contributed by atoms with Gasteiger partial charge in [0.25, 0.3) is 5.91 Å². The van der Waals surface area contributed by atoms with Crippen molar-refractivity contribution in [2.45, 2.75) is 26.2 Å². The van der Waals surface area contributed by atoms with Crippen molar-refractivity contribution in [1.29, 1.82) is 0 Å². The Labute approximate surface area is 220 Å². The number of hydrogen-bond acceptors (Lipinski definition) is 8. The maximum atomic E-state index is 12.5. The van der Waals surface area contributed by atoms with E-state index in [-0.39, 0.29) is 22.8 Å². The maximum absolute atomic E-state index is 12.5. The van der Waals surface area contributed by atoms with Gasteiger partial charge in [0.2, 0.25) is 11.9 Å². The summed E-state index contributed by atoms with van der Waals surface area (Å²) in [5.41, 5.74) is 3.34. The summed E-state index contributed by atoms with van der Waals surface area (Å²) in [7, 11) is 4.68. The first-order valence-electron chi connectivity index (χ1n) is 11.9. The van der Waals surface area contributed by atoms with Crippen molar-refractivity contribution in [3.8, 4) is 11.5 Å². The molecule has 10 nitrogen and oxygen atoms in total. The third-order valence-corrected chi connectivity index (χ3v) is 6.38. The standard InChI is InChI=1S/C26H29ClN6O4/c1-5-33-21-12-11-20(23(37-4)16(21)7-6-8-22(33)34)31-26-29-14-18(27)24(32-26)30-19-10-9-15(36-3)13-17(19)25(35)28-2/h9-14H,5-8H2,1-4H3,(H,28,35)(H2,29,30,31,32). The molecule has 37 heavy (non-hydrogen) atoms. The van der Waals surface area contributed by atoms with Crippen LogP contribution in [-0.2, 0) is 11.2 Å². The minimum atomic E-state index is -0.292. The summed E-state index contributed by atoms with van der Waals surface area (Å²) in [4.78, 5) is 35.6. The molecule has 4 rings (SSSR count). The van der Waals surface area contributed by atoms with Gasteiger partial charge < -0.3 is 30.3 Å². The van der Waals surface area contributed by atoms with Crippen LogP contribution in [-0.4, -0.2) is 49.6 Å². The fourth-order valence-electron chi connectivity index (χ4n) is 4.32. The quantitative estimate of drug-likeness (QED) is 0.388. The number of anilines is 5. The lowest BCUT2D eigenvalue weighted by Gasteiger charge is -2.24. The van der Waals surface area contributed by atoms with Crippen molar-refractivity contribution in [2.75, 3.05) is 43.3 Å². The monoisotopic (exact) mass is 524 g/mol. The Morgan fingerprint density at radius 2 is 1.89 bits per heavy atom. The number of carbonyl (C=O) groups is 2. The summed E-state index contributed by atoms with van der Waals surface area (Å²) in [6.07, 6.45) is 3.41. The smallest absolute Gasteiger partial charge is 0.253 e. The number of rotatable bonds is 8. The lowest BCUT2D eigenvalue weighted by atomic mass is 10.0. The number of nitrogens with zero attached hydrogens (tertiary/aromatic N) is 3. The van der Waals surface area contributed by atoms with E-state index < -0.39 is 0 Å². The van der Waals surface area contributed by atoms with Gasteiger partial charge in [-0.25, -0.2) is 4.98 Å². The zero-order valence-corrected chi connectivity index (χ0v) is 21.9. The number of carbonyl (C=O) groups excluding carboxylic acids is 2. The molecule has 0 saturated carbocycles. The van der Waals surface area contributed by atoms with Crippen LogP contribution in [0.4, 0.5) is 28.8 Å². The Morgan fingerprint density at radius 1 is 1.11 bits per heavy atom. The third kappa shape index (κ3) is 5.39. The molecule has 1 aliphatic rings. The molecule has 1 aromatic heterocycles. The topological polar surface area (TPSA) is 118 Å². The molecule has 0 spiro atoms. The average molecular weight is 525 g/mol. The van der Waals surface area contributed by atoms with Gasteiger partial charge in [-0.05, 0) is 50.1 Å². The highest BCUT2D eigenvalue weighted by molar-refractivity contribution is 6.33. The minimum absolute atomic E-state index is 0.107. The van der Waals surface area contributed by atoms with Gasteiger partial charge in [-0.1, -0.05) is 11.6 Å². The number of halogens is 1. The molecule has 3 N–H and O–H groups in total. The Hall–Kier alpha value is -4.05. The van der Waals surface area contributed by atoms with Crippen molar-refractivity contribution in [3.05, 3.63) is 52.7 Å². The molecule has 194 valence electrons. The van der Waals surface area contributed by atoms with Crippen molar-refractivity contribution < 1.29 is 19.1 Å². The normalized spacial score (nSPS) is 12.9. The highest BCUT2D eigenvalue weighted by Crippen LogP contribution is 2.40.